The third-order valence-electron chi connectivity index (χ3n) is 6.17. The maximum Gasteiger partial charge on any atom is 0.134 e. The molecule has 174 valence electrons. The summed E-state index contributed by atoms with van der Waals surface area (Å²) in [5.74, 6) is 1.68. The molecule has 6 nitrogen and oxygen atoms in total. The summed E-state index contributed by atoms with van der Waals surface area (Å²) < 4.78 is 17.5. The van der Waals surface area contributed by atoms with Gasteiger partial charge in [-0.2, -0.15) is 0 Å². The fraction of sp³-hybridized carbons (Fsp3) is 0.538. The number of aliphatic hydroxyl groups is 1. The Balaban J connectivity index is 1.26. The summed E-state index contributed by atoms with van der Waals surface area (Å²) in [6, 6.07) is 16.2. The van der Waals surface area contributed by atoms with Crippen molar-refractivity contribution in [2.24, 2.45) is 0 Å². The van der Waals surface area contributed by atoms with E-state index in [9.17, 15) is 5.11 Å². The molecule has 2 fully saturated rings. The number of hydrogen-bond donors (Lipinski definition) is 1. The summed E-state index contributed by atoms with van der Waals surface area (Å²) in [6.45, 7) is 9.30. The molecule has 1 N–H and O–H groups in total. The van der Waals surface area contributed by atoms with Crippen LogP contribution in [-0.4, -0.2) is 79.7 Å². The van der Waals surface area contributed by atoms with E-state index in [0.29, 0.717) is 13.2 Å². The second-order valence-electron chi connectivity index (χ2n) is 9.13. The normalized spacial score (nSPS) is 22.6. The van der Waals surface area contributed by atoms with Gasteiger partial charge in [0.2, 0.25) is 0 Å². The Morgan fingerprint density at radius 3 is 2.34 bits per heavy atom. The molecule has 2 heterocycles. The van der Waals surface area contributed by atoms with Gasteiger partial charge < -0.3 is 19.3 Å². The van der Waals surface area contributed by atoms with Gasteiger partial charge in [-0.3, -0.25) is 9.80 Å². The highest BCUT2D eigenvalue weighted by atomic mass is 16.5. The molecule has 0 saturated carbocycles. The third kappa shape index (κ3) is 6.94. The molecule has 0 radical (unpaired) electrons. The van der Waals surface area contributed by atoms with Crippen LogP contribution in [0, 0.1) is 6.92 Å². The molecule has 32 heavy (non-hydrogen) atoms. The quantitative estimate of drug-likeness (QED) is 0.647. The SMILES string of the molecule is Cc1ccc(OCC2(O)COCCN(Cc3ccc(OCCN4CCCC4)cc3)C2)cc1. The van der Waals surface area contributed by atoms with Gasteiger partial charge in [0, 0.05) is 26.2 Å². The zero-order chi connectivity index (χ0) is 22.2. The molecule has 0 aliphatic carbocycles. The maximum atomic E-state index is 11.1. The van der Waals surface area contributed by atoms with Gasteiger partial charge in [0.25, 0.3) is 0 Å². The number of rotatable bonds is 9. The average Bonchev–Trinajstić information content (AvgIpc) is 3.24. The van der Waals surface area contributed by atoms with E-state index in [2.05, 4.69) is 21.9 Å². The van der Waals surface area contributed by atoms with E-state index >= 15 is 0 Å². The van der Waals surface area contributed by atoms with E-state index in [1.165, 1.54) is 37.1 Å². The van der Waals surface area contributed by atoms with Crippen LogP contribution in [0.1, 0.15) is 24.0 Å². The van der Waals surface area contributed by atoms with E-state index < -0.39 is 5.60 Å². The summed E-state index contributed by atoms with van der Waals surface area (Å²) in [5, 5.41) is 11.1. The highest BCUT2D eigenvalue weighted by Crippen LogP contribution is 2.20. The number of β-amino-alcohol motifs (C(OH)–C–C–N with tert-alkyl or cyclic N) is 1. The van der Waals surface area contributed by atoms with E-state index in [0.717, 1.165) is 37.7 Å². The van der Waals surface area contributed by atoms with Gasteiger partial charge >= 0.3 is 0 Å². The molecule has 2 aliphatic heterocycles. The van der Waals surface area contributed by atoms with Crippen LogP contribution in [0.15, 0.2) is 48.5 Å². The minimum Gasteiger partial charge on any atom is -0.492 e. The Bertz CT molecular complexity index is 821. The van der Waals surface area contributed by atoms with Crippen LogP contribution in [0.3, 0.4) is 0 Å². The van der Waals surface area contributed by atoms with Gasteiger partial charge in [0.1, 0.15) is 30.3 Å². The first-order chi connectivity index (χ1) is 15.6. The minimum atomic E-state index is -1.04. The van der Waals surface area contributed by atoms with E-state index in [4.69, 9.17) is 14.2 Å². The van der Waals surface area contributed by atoms with Crippen LogP contribution in [0.25, 0.3) is 0 Å². The summed E-state index contributed by atoms with van der Waals surface area (Å²) >= 11 is 0. The maximum absolute atomic E-state index is 11.1. The van der Waals surface area contributed by atoms with Gasteiger partial charge in [-0.1, -0.05) is 29.8 Å². The number of benzene rings is 2. The van der Waals surface area contributed by atoms with Crippen molar-refractivity contribution in [3.63, 3.8) is 0 Å². The van der Waals surface area contributed by atoms with Crippen molar-refractivity contribution in [2.45, 2.75) is 31.9 Å². The number of ether oxygens (including phenoxy) is 3. The summed E-state index contributed by atoms with van der Waals surface area (Å²) in [6.07, 6.45) is 2.62. The lowest BCUT2D eigenvalue weighted by Gasteiger charge is -2.30. The van der Waals surface area contributed by atoms with Gasteiger partial charge in [0.05, 0.1) is 13.2 Å². The molecule has 0 aromatic heterocycles. The average molecular weight is 441 g/mol. The van der Waals surface area contributed by atoms with Crippen LogP contribution < -0.4 is 9.47 Å². The van der Waals surface area contributed by atoms with E-state index in [1.807, 2.05) is 43.3 Å². The van der Waals surface area contributed by atoms with Crippen molar-refractivity contribution in [2.75, 3.05) is 59.2 Å². The predicted octanol–water partition coefficient (Wildman–Crippen LogP) is 3.11. The second kappa shape index (κ2) is 11.1. The van der Waals surface area contributed by atoms with Crippen LogP contribution in [0.2, 0.25) is 0 Å². The zero-order valence-electron chi connectivity index (χ0n) is 19.2. The van der Waals surface area contributed by atoms with Crippen LogP contribution in [-0.2, 0) is 11.3 Å². The number of nitrogens with zero attached hydrogens (tertiary/aromatic N) is 2. The Labute approximate surface area is 191 Å². The molecule has 2 aromatic rings. The van der Waals surface area contributed by atoms with Gasteiger partial charge in [-0.05, 0) is 62.7 Å². The first-order valence-electron chi connectivity index (χ1n) is 11.7. The molecule has 1 atom stereocenters. The number of hydrogen-bond acceptors (Lipinski definition) is 6. The highest BCUT2D eigenvalue weighted by Gasteiger charge is 2.33. The van der Waals surface area contributed by atoms with Crippen molar-refractivity contribution in [1.29, 1.82) is 0 Å². The predicted molar refractivity (Wildman–Crippen MR) is 125 cm³/mol. The molecule has 4 rings (SSSR count). The Morgan fingerprint density at radius 1 is 0.906 bits per heavy atom. The minimum absolute atomic E-state index is 0.205. The summed E-state index contributed by atoms with van der Waals surface area (Å²) in [4.78, 5) is 4.69. The van der Waals surface area contributed by atoms with Crippen molar-refractivity contribution in [3.05, 3.63) is 59.7 Å². The fourth-order valence-electron chi connectivity index (χ4n) is 4.32. The first kappa shape index (κ1) is 23.1. The van der Waals surface area contributed by atoms with E-state index in [1.54, 1.807) is 0 Å². The third-order valence-corrected chi connectivity index (χ3v) is 6.17. The number of likely N-dealkylation sites (tertiary alicyclic amines) is 1. The van der Waals surface area contributed by atoms with E-state index in [-0.39, 0.29) is 13.2 Å². The van der Waals surface area contributed by atoms with Gasteiger partial charge in [0.15, 0.2) is 0 Å². The standard InChI is InChI=1S/C26H36N2O4/c1-22-4-8-25(9-5-22)32-21-26(29)19-28(14-16-30-20-26)18-23-6-10-24(11-7-23)31-17-15-27-12-2-3-13-27/h4-11,29H,2-3,12-21H2,1H3. The molecule has 0 spiro atoms. The molecular weight excluding hydrogens is 404 g/mol. The Hall–Kier alpha value is -2.12. The van der Waals surface area contributed by atoms with Gasteiger partial charge in [-0.25, -0.2) is 0 Å². The Kier molecular flexibility index (Phi) is 8.03. The van der Waals surface area contributed by atoms with Crippen molar-refractivity contribution >= 4 is 0 Å². The number of aryl methyl sites for hydroxylation is 1. The summed E-state index contributed by atoms with van der Waals surface area (Å²) in [7, 11) is 0. The second-order valence-corrected chi connectivity index (χ2v) is 9.13. The van der Waals surface area contributed by atoms with Gasteiger partial charge in [-0.15, -0.1) is 0 Å². The molecular formula is C26H36N2O4. The lowest BCUT2D eigenvalue weighted by Crippen LogP contribution is -2.48. The first-order valence-corrected chi connectivity index (χ1v) is 11.7. The highest BCUT2D eigenvalue weighted by molar-refractivity contribution is 5.28. The molecule has 2 aliphatic rings. The topological polar surface area (TPSA) is 54.4 Å². The molecule has 2 saturated heterocycles. The molecule has 6 heteroatoms. The van der Waals surface area contributed by atoms with Crippen LogP contribution >= 0.6 is 0 Å². The van der Waals surface area contributed by atoms with Crippen molar-refractivity contribution in [3.8, 4) is 11.5 Å². The fourth-order valence-corrected chi connectivity index (χ4v) is 4.32. The smallest absolute Gasteiger partial charge is 0.134 e. The largest absolute Gasteiger partial charge is 0.492 e. The van der Waals surface area contributed by atoms with Crippen LogP contribution in [0.4, 0.5) is 0 Å². The van der Waals surface area contributed by atoms with Crippen LogP contribution in [0.5, 0.6) is 11.5 Å². The molecule has 1 unspecified atom stereocenters. The van der Waals surface area contributed by atoms with Crippen molar-refractivity contribution in [1.82, 2.24) is 9.80 Å². The lowest BCUT2D eigenvalue weighted by molar-refractivity contribution is -0.0646. The van der Waals surface area contributed by atoms with Crippen molar-refractivity contribution < 1.29 is 19.3 Å². The monoisotopic (exact) mass is 440 g/mol. The molecule has 0 bridgehead atoms. The zero-order valence-corrected chi connectivity index (χ0v) is 19.2. The lowest BCUT2D eigenvalue weighted by atomic mass is 10.1. The molecule has 2 aromatic carbocycles. The Morgan fingerprint density at radius 2 is 1.59 bits per heavy atom. The molecule has 0 amide bonds. The summed E-state index contributed by atoms with van der Waals surface area (Å²) in [5.41, 5.74) is 1.34.